The van der Waals surface area contributed by atoms with Crippen molar-refractivity contribution in [1.29, 1.82) is 0 Å². The molecular formula is C26H23Br2NO6. The molecule has 0 aromatic heterocycles. The number of halogens is 2. The number of hydrogen-bond acceptors (Lipinski definition) is 6. The number of allylic oxidation sites excluding steroid dienone is 6. The van der Waals surface area contributed by atoms with Crippen LogP contribution < -0.4 is 4.74 Å². The van der Waals surface area contributed by atoms with E-state index in [1.807, 2.05) is 6.08 Å². The standard InChI is InChI=1S/C26H23Br2NO6/c1-4-29-25(33)12-6-5-11-13(19(12)26(29)34)8-15-20(16(30)7-10(2)23(15)31)18(11)14-9-17(35-3)24(32)22(28)21(14)27/h5,7,9,12-13,18-19,32H,4,6,8H2,1-3H3/t12-,13+,18+,19-/m0/s1. The number of ketones is 2. The Morgan fingerprint density at radius 3 is 2.49 bits per heavy atom. The predicted octanol–water partition coefficient (Wildman–Crippen LogP) is 4.38. The lowest BCUT2D eigenvalue weighted by atomic mass is 9.59. The van der Waals surface area contributed by atoms with Gasteiger partial charge < -0.3 is 9.84 Å². The van der Waals surface area contributed by atoms with Gasteiger partial charge in [0.05, 0.1) is 23.4 Å². The van der Waals surface area contributed by atoms with E-state index in [-0.39, 0.29) is 41.3 Å². The zero-order chi connectivity index (χ0) is 25.3. The number of nitrogens with zero attached hydrogens (tertiary/aromatic N) is 1. The average molecular weight is 605 g/mol. The first kappa shape index (κ1) is 24.2. The molecule has 3 aliphatic carbocycles. The fourth-order valence-corrected chi connectivity index (χ4v) is 7.05. The zero-order valence-corrected chi connectivity index (χ0v) is 22.5. The predicted molar refractivity (Wildman–Crippen MR) is 134 cm³/mol. The van der Waals surface area contributed by atoms with Gasteiger partial charge in [-0.2, -0.15) is 0 Å². The largest absolute Gasteiger partial charge is 0.503 e. The van der Waals surface area contributed by atoms with Gasteiger partial charge in [-0.15, -0.1) is 0 Å². The smallest absolute Gasteiger partial charge is 0.233 e. The number of rotatable bonds is 3. The molecule has 1 heterocycles. The summed E-state index contributed by atoms with van der Waals surface area (Å²) in [5, 5.41) is 10.5. The molecule has 1 aliphatic heterocycles. The Hall–Kier alpha value is -2.52. The van der Waals surface area contributed by atoms with Crippen LogP contribution in [0.1, 0.15) is 38.2 Å². The Morgan fingerprint density at radius 2 is 1.83 bits per heavy atom. The summed E-state index contributed by atoms with van der Waals surface area (Å²) in [5.74, 6) is -2.80. The summed E-state index contributed by atoms with van der Waals surface area (Å²) in [7, 11) is 1.43. The summed E-state index contributed by atoms with van der Waals surface area (Å²) in [6.45, 7) is 3.70. The van der Waals surface area contributed by atoms with Crippen molar-refractivity contribution >= 4 is 55.2 Å². The quantitative estimate of drug-likeness (QED) is 0.312. The van der Waals surface area contributed by atoms with Crippen LogP contribution in [0.25, 0.3) is 0 Å². The number of phenols is 1. The van der Waals surface area contributed by atoms with E-state index in [1.165, 1.54) is 18.1 Å². The van der Waals surface area contributed by atoms with Crippen molar-refractivity contribution in [3.63, 3.8) is 0 Å². The van der Waals surface area contributed by atoms with Crippen LogP contribution in [0.4, 0.5) is 0 Å². The molecular weight excluding hydrogens is 582 g/mol. The number of ether oxygens (including phenoxy) is 1. The van der Waals surface area contributed by atoms with Crippen LogP contribution in [0, 0.1) is 17.8 Å². The van der Waals surface area contributed by atoms with Crippen LogP contribution in [0.3, 0.4) is 0 Å². The van der Waals surface area contributed by atoms with Crippen molar-refractivity contribution in [1.82, 2.24) is 4.90 Å². The van der Waals surface area contributed by atoms with Gasteiger partial charge in [-0.3, -0.25) is 24.1 Å². The first-order valence-electron chi connectivity index (χ1n) is 11.4. The van der Waals surface area contributed by atoms with Crippen molar-refractivity contribution in [3.8, 4) is 11.5 Å². The minimum absolute atomic E-state index is 0.0979. The topological polar surface area (TPSA) is 101 Å². The number of fused-ring (bicyclic) bond motifs is 3. The number of carbonyl (C=O) groups is 4. The Kier molecular flexibility index (Phi) is 5.91. The summed E-state index contributed by atoms with van der Waals surface area (Å²) in [4.78, 5) is 54.3. The van der Waals surface area contributed by atoms with Crippen LogP contribution in [0.15, 0.2) is 49.5 Å². The van der Waals surface area contributed by atoms with Gasteiger partial charge in [-0.1, -0.05) is 11.6 Å². The number of phenolic OH excluding ortho intramolecular Hbond substituents is 1. The fraction of sp³-hybridized carbons (Fsp3) is 0.385. The monoisotopic (exact) mass is 603 g/mol. The molecule has 4 atom stereocenters. The number of Topliss-reactive ketones (excluding diaryl/α,β-unsaturated/α-hetero) is 1. The van der Waals surface area contributed by atoms with Crippen molar-refractivity contribution in [2.75, 3.05) is 13.7 Å². The summed E-state index contributed by atoms with van der Waals surface area (Å²) in [6, 6.07) is 1.65. The highest BCUT2D eigenvalue weighted by molar-refractivity contribution is 9.13. The van der Waals surface area contributed by atoms with Gasteiger partial charge in [-0.25, -0.2) is 0 Å². The Bertz CT molecular complexity index is 1320. The van der Waals surface area contributed by atoms with E-state index in [1.54, 1.807) is 19.9 Å². The van der Waals surface area contributed by atoms with Gasteiger partial charge in [0.25, 0.3) is 0 Å². The third kappa shape index (κ3) is 3.34. The second-order valence-corrected chi connectivity index (χ2v) is 10.9. The second-order valence-electron chi connectivity index (χ2n) is 9.29. The molecule has 1 fully saturated rings. The van der Waals surface area contributed by atoms with Gasteiger partial charge in [-0.05, 0) is 82.2 Å². The normalized spacial score (nSPS) is 28.0. The van der Waals surface area contributed by atoms with E-state index >= 15 is 0 Å². The average Bonchev–Trinajstić information content (AvgIpc) is 3.09. The lowest BCUT2D eigenvalue weighted by Gasteiger charge is -2.42. The maximum absolute atomic E-state index is 13.4. The Labute approximate surface area is 219 Å². The Balaban J connectivity index is 1.76. The lowest BCUT2D eigenvalue weighted by molar-refractivity contribution is -0.139. The molecule has 0 saturated carbocycles. The molecule has 4 aliphatic rings. The van der Waals surface area contributed by atoms with Crippen LogP contribution in [-0.2, 0) is 19.2 Å². The fourth-order valence-electron chi connectivity index (χ4n) is 6.09. The highest BCUT2D eigenvalue weighted by Crippen LogP contribution is 2.57. The van der Waals surface area contributed by atoms with Crippen molar-refractivity contribution in [3.05, 3.63) is 55.0 Å². The minimum Gasteiger partial charge on any atom is -0.503 e. The highest BCUT2D eigenvalue weighted by Gasteiger charge is 2.56. The summed E-state index contributed by atoms with van der Waals surface area (Å²) < 4.78 is 6.25. The second kappa shape index (κ2) is 8.55. The number of likely N-dealkylation sites (tertiary alicyclic amines) is 1. The van der Waals surface area contributed by atoms with Crippen LogP contribution in [0.5, 0.6) is 11.5 Å². The van der Waals surface area contributed by atoms with Gasteiger partial charge in [0.2, 0.25) is 11.8 Å². The maximum Gasteiger partial charge on any atom is 0.233 e. The number of aromatic hydroxyl groups is 1. The van der Waals surface area contributed by atoms with Gasteiger partial charge in [0.1, 0.15) is 0 Å². The molecule has 0 radical (unpaired) electrons. The lowest BCUT2D eigenvalue weighted by Crippen LogP contribution is -2.39. The van der Waals surface area contributed by atoms with Crippen molar-refractivity contribution in [2.45, 2.75) is 32.6 Å². The molecule has 5 rings (SSSR count). The van der Waals surface area contributed by atoms with Gasteiger partial charge >= 0.3 is 0 Å². The third-order valence-corrected chi connectivity index (χ3v) is 9.83. The summed E-state index contributed by atoms with van der Waals surface area (Å²) >= 11 is 6.95. The number of benzene rings is 1. The van der Waals surface area contributed by atoms with Crippen LogP contribution >= 0.6 is 31.9 Å². The van der Waals surface area contributed by atoms with Crippen molar-refractivity contribution in [2.24, 2.45) is 17.8 Å². The molecule has 1 aromatic carbocycles. The zero-order valence-electron chi connectivity index (χ0n) is 19.4. The summed E-state index contributed by atoms with van der Waals surface area (Å²) in [6.07, 6.45) is 3.96. The molecule has 182 valence electrons. The Morgan fingerprint density at radius 1 is 1.11 bits per heavy atom. The minimum atomic E-state index is -0.635. The van der Waals surface area contributed by atoms with Gasteiger partial charge in [0.15, 0.2) is 23.1 Å². The van der Waals surface area contributed by atoms with E-state index in [0.717, 1.165) is 5.57 Å². The highest BCUT2D eigenvalue weighted by atomic mass is 79.9. The van der Waals surface area contributed by atoms with E-state index in [0.29, 0.717) is 44.2 Å². The molecule has 2 amide bonds. The molecule has 7 nitrogen and oxygen atoms in total. The molecule has 0 bridgehead atoms. The first-order valence-corrected chi connectivity index (χ1v) is 13.0. The van der Waals surface area contributed by atoms with Crippen molar-refractivity contribution < 1.29 is 29.0 Å². The molecule has 0 spiro atoms. The molecule has 9 heteroatoms. The number of amides is 2. The summed E-state index contributed by atoms with van der Waals surface area (Å²) in [5.41, 5.74) is 2.61. The maximum atomic E-state index is 13.4. The molecule has 0 unspecified atom stereocenters. The number of methoxy groups -OCH3 is 1. The van der Waals surface area contributed by atoms with E-state index in [4.69, 9.17) is 4.74 Å². The molecule has 1 N–H and O–H groups in total. The molecule has 1 aromatic rings. The van der Waals surface area contributed by atoms with Crippen LogP contribution in [-0.4, -0.2) is 47.0 Å². The van der Waals surface area contributed by atoms with E-state index in [9.17, 15) is 24.3 Å². The first-order chi connectivity index (χ1) is 16.6. The van der Waals surface area contributed by atoms with Crippen LogP contribution in [0.2, 0.25) is 0 Å². The molecule has 35 heavy (non-hydrogen) atoms. The number of carbonyl (C=O) groups excluding carboxylic acids is 4. The number of hydrogen-bond donors (Lipinski definition) is 1. The van der Waals surface area contributed by atoms with E-state index < -0.39 is 23.7 Å². The number of imide groups is 1. The van der Waals surface area contributed by atoms with E-state index in [2.05, 4.69) is 31.9 Å². The molecule has 1 saturated heterocycles. The van der Waals surface area contributed by atoms with Gasteiger partial charge in [0, 0.05) is 33.7 Å². The SMILES string of the molecule is CCN1C(=O)[C@H]2[C@H](CC=C3[C@H](c4cc(OC)c(O)c(Br)c4Br)C4=C(C[C@H]32)C(=O)C(C)=CC4=O)C1=O. The third-order valence-electron chi connectivity index (χ3n) is 7.67.